The van der Waals surface area contributed by atoms with Crippen LogP contribution in [0.25, 0.3) is 0 Å². The minimum Gasteiger partial charge on any atom is -0.493 e. The Morgan fingerprint density at radius 2 is 1.93 bits per heavy atom. The molecule has 1 aromatic rings. The fourth-order valence-corrected chi connectivity index (χ4v) is 1.65. The summed E-state index contributed by atoms with van der Waals surface area (Å²) in [7, 11) is 5.11. The van der Waals surface area contributed by atoms with Gasteiger partial charge in [-0.15, -0.1) is 0 Å². The Morgan fingerprint density at radius 1 is 1.27 bits per heavy atom. The summed E-state index contributed by atoms with van der Waals surface area (Å²) in [6.07, 6.45) is 0. The van der Waals surface area contributed by atoms with Crippen LogP contribution in [0.3, 0.4) is 0 Å². The van der Waals surface area contributed by atoms with Crippen molar-refractivity contribution in [1.82, 2.24) is 5.32 Å². The van der Waals surface area contributed by atoms with Crippen molar-refractivity contribution in [3.8, 4) is 11.5 Å². The Morgan fingerprint density at radius 3 is 2.40 bits per heavy atom. The summed E-state index contributed by atoms with van der Waals surface area (Å²) in [5.74, 6) is 1.38. The first-order valence-corrected chi connectivity index (χ1v) is 5.10. The minimum absolute atomic E-state index is 0.160. The second-order valence-electron chi connectivity index (χ2n) is 3.24. The summed E-state index contributed by atoms with van der Waals surface area (Å²) in [5, 5.41) is 3.78. The van der Waals surface area contributed by atoms with Crippen LogP contribution >= 0.6 is 11.6 Å². The molecule has 0 spiro atoms. The third-order valence-electron chi connectivity index (χ3n) is 2.37. The quantitative estimate of drug-likeness (QED) is 0.861. The molecule has 0 aliphatic heterocycles. The Balaban J connectivity index is 3.28. The van der Waals surface area contributed by atoms with E-state index in [1.165, 1.54) is 0 Å². The van der Waals surface area contributed by atoms with Crippen LogP contribution in [0, 0.1) is 0 Å². The van der Waals surface area contributed by atoms with Gasteiger partial charge in [0, 0.05) is 22.7 Å². The average molecular weight is 230 g/mol. The number of hydrogen-bond acceptors (Lipinski definition) is 3. The van der Waals surface area contributed by atoms with E-state index in [-0.39, 0.29) is 6.04 Å². The van der Waals surface area contributed by atoms with Crippen LogP contribution in [0.4, 0.5) is 0 Å². The van der Waals surface area contributed by atoms with Crippen molar-refractivity contribution in [3.05, 3.63) is 22.7 Å². The Labute approximate surface area is 95.3 Å². The maximum Gasteiger partial charge on any atom is 0.165 e. The second-order valence-corrected chi connectivity index (χ2v) is 3.68. The fraction of sp³-hybridized carbons (Fsp3) is 0.455. The van der Waals surface area contributed by atoms with Crippen LogP contribution in [0.15, 0.2) is 12.1 Å². The van der Waals surface area contributed by atoms with Crippen molar-refractivity contribution >= 4 is 11.6 Å². The highest BCUT2D eigenvalue weighted by atomic mass is 35.5. The lowest BCUT2D eigenvalue weighted by Gasteiger charge is -2.17. The zero-order valence-corrected chi connectivity index (χ0v) is 10.2. The van der Waals surface area contributed by atoms with E-state index in [0.29, 0.717) is 10.8 Å². The van der Waals surface area contributed by atoms with E-state index in [1.807, 2.05) is 20.0 Å². The van der Waals surface area contributed by atoms with E-state index in [2.05, 4.69) is 5.32 Å². The van der Waals surface area contributed by atoms with Gasteiger partial charge in [0.2, 0.25) is 0 Å². The molecular formula is C11H16ClNO2. The molecule has 1 atom stereocenters. The topological polar surface area (TPSA) is 30.5 Å². The van der Waals surface area contributed by atoms with Gasteiger partial charge in [0.25, 0.3) is 0 Å². The van der Waals surface area contributed by atoms with Crippen LogP contribution in [0.1, 0.15) is 18.5 Å². The standard InChI is InChI=1S/C11H16ClNO2/c1-7(13-2)9-5-8(12)6-10(14-3)11(9)15-4/h5-7,13H,1-4H3. The Hall–Kier alpha value is -0.930. The highest BCUT2D eigenvalue weighted by molar-refractivity contribution is 6.30. The van der Waals surface area contributed by atoms with Crippen LogP contribution in [0.5, 0.6) is 11.5 Å². The molecule has 0 saturated heterocycles. The molecule has 4 heteroatoms. The maximum atomic E-state index is 6.00. The van der Waals surface area contributed by atoms with Gasteiger partial charge < -0.3 is 14.8 Å². The van der Waals surface area contributed by atoms with Gasteiger partial charge in [-0.2, -0.15) is 0 Å². The lowest BCUT2D eigenvalue weighted by molar-refractivity contribution is 0.348. The van der Waals surface area contributed by atoms with Crippen molar-refractivity contribution in [2.45, 2.75) is 13.0 Å². The van der Waals surface area contributed by atoms with Gasteiger partial charge >= 0.3 is 0 Å². The Kier molecular flexibility index (Phi) is 4.24. The second kappa shape index (κ2) is 5.24. The predicted octanol–water partition coefficient (Wildman–Crippen LogP) is 2.64. The number of hydrogen-bond donors (Lipinski definition) is 1. The molecule has 1 rings (SSSR count). The first-order valence-electron chi connectivity index (χ1n) is 4.72. The number of methoxy groups -OCH3 is 2. The monoisotopic (exact) mass is 229 g/mol. The van der Waals surface area contributed by atoms with Crippen molar-refractivity contribution in [2.75, 3.05) is 21.3 Å². The van der Waals surface area contributed by atoms with Crippen molar-refractivity contribution in [2.24, 2.45) is 0 Å². The molecule has 0 aliphatic rings. The lowest BCUT2D eigenvalue weighted by Crippen LogP contribution is -2.13. The number of nitrogens with one attached hydrogen (secondary N) is 1. The molecule has 0 aromatic heterocycles. The van der Waals surface area contributed by atoms with Crippen LogP contribution in [-0.2, 0) is 0 Å². The summed E-state index contributed by atoms with van der Waals surface area (Å²) in [5.41, 5.74) is 0.990. The van der Waals surface area contributed by atoms with Crippen molar-refractivity contribution in [3.63, 3.8) is 0 Å². The summed E-state index contributed by atoms with van der Waals surface area (Å²) in [6.45, 7) is 2.04. The first kappa shape index (κ1) is 12.1. The molecule has 3 nitrogen and oxygen atoms in total. The van der Waals surface area contributed by atoms with Crippen LogP contribution < -0.4 is 14.8 Å². The van der Waals surface area contributed by atoms with E-state index in [1.54, 1.807) is 20.3 Å². The molecule has 1 aromatic carbocycles. The molecule has 0 saturated carbocycles. The van der Waals surface area contributed by atoms with Gasteiger partial charge in [0.05, 0.1) is 14.2 Å². The zero-order chi connectivity index (χ0) is 11.4. The lowest BCUT2D eigenvalue weighted by atomic mass is 10.1. The molecule has 0 radical (unpaired) electrons. The van der Waals surface area contributed by atoms with Crippen molar-refractivity contribution in [1.29, 1.82) is 0 Å². The molecular weight excluding hydrogens is 214 g/mol. The summed E-state index contributed by atoms with van der Waals surface area (Å²) in [6, 6.07) is 3.78. The van der Waals surface area contributed by atoms with E-state index < -0.39 is 0 Å². The molecule has 0 amide bonds. The van der Waals surface area contributed by atoms with Gasteiger partial charge in [-0.3, -0.25) is 0 Å². The number of ether oxygens (including phenoxy) is 2. The Bertz CT molecular complexity index is 342. The molecule has 0 heterocycles. The molecule has 0 bridgehead atoms. The van der Waals surface area contributed by atoms with E-state index in [9.17, 15) is 0 Å². The van der Waals surface area contributed by atoms with Gasteiger partial charge in [-0.05, 0) is 20.0 Å². The number of halogens is 1. The highest BCUT2D eigenvalue weighted by Crippen LogP contribution is 2.37. The normalized spacial score (nSPS) is 12.3. The van der Waals surface area contributed by atoms with Gasteiger partial charge in [0.1, 0.15) is 0 Å². The first-order chi connectivity index (χ1) is 7.13. The maximum absolute atomic E-state index is 6.00. The van der Waals surface area contributed by atoms with Gasteiger partial charge in [-0.25, -0.2) is 0 Å². The molecule has 84 valence electrons. The highest BCUT2D eigenvalue weighted by Gasteiger charge is 2.15. The van der Waals surface area contributed by atoms with Gasteiger partial charge in [0.15, 0.2) is 11.5 Å². The molecule has 1 N–H and O–H groups in total. The number of benzene rings is 1. The van der Waals surface area contributed by atoms with E-state index in [0.717, 1.165) is 11.3 Å². The van der Waals surface area contributed by atoms with Crippen LogP contribution in [-0.4, -0.2) is 21.3 Å². The summed E-state index contributed by atoms with van der Waals surface area (Å²) in [4.78, 5) is 0. The SMILES string of the molecule is CNC(C)c1cc(Cl)cc(OC)c1OC. The van der Waals surface area contributed by atoms with Gasteiger partial charge in [-0.1, -0.05) is 11.6 Å². The largest absolute Gasteiger partial charge is 0.493 e. The van der Waals surface area contributed by atoms with Crippen LogP contribution in [0.2, 0.25) is 5.02 Å². The van der Waals surface area contributed by atoms with Crippen molar-refractivity contribution < 1.29 is 9.47 Å². The summed E-state index contributed by atoms with van der Waals surface area (Å²) < 4.78 is 10.5. The average Bonchev–Trinajstić information content (AvgIpc) is 2.26. The third-order valence-corrected chi connectivity index (χ3v) is 2.59. The zero-order valence-electron chi connectivity index (χ0n) is 9.43. The van der Waals surface area contributed by atoms with E-state index in [4.69, 9.17) is 21.1 Å². The smallest absolute Gasteiger partial charge is 0.165 e. The molecule has 0 fully saturated rings. The minimum atomic E-state index is 0.160. The predicted molar refractivity (Wildman–Crippen MR) is 62.0 cm³/mol. The third kappa shape index (κ3) is 2.55. The number of rotatable bonds is 4. The summed E-state index contributed by atoms with van der Waals surface area (Å²) >= 11 is 6.00. The van der Waals surface area contributed by atoms with E-state index >= 15 is 0 Å². The fourth-order valence-electron chi connectivity index (χ4n) is 1.44. The molecule has 0 aliphatic carbocycles. The molecule has 1 unspecified atom stereocenters. The molecule has 15 heavy (non-hydrogen) atoms.